The Morgan fingerprint density at radius 1 is 0.952 bits per heavy atom. The lowest BCUT2D eigenvalue weighted by molar-refractivity contribution is -0.150. The summed E-state index contributed by atoms with van der Waals surface area (Å²) in [5.41, 5.74) is -0.365. The van der Waals surface area contributed by atoms with Crippen molar-refractivity contribution >= 4 is 12.0 Å². The standard InChI is InChI=1S/C16H26N2O3/c19-13(20)16(6-2-1-3-7-16)11-18-14(21)17-10-15(8-9-15)12-4-5-12/h12H,1-11H2,(H,19,20)(H2,17,18,21). The maximum absolute atomic E-state index is 12.0. The van der Waals surface area contributed by atoms with Gasteiger partial charge in [0.2, 0.25) is 0 Å². The van der Waals surface area contributed by atoms with Crippen LogP contribution in [0.4, 0.5) is 4.79 Å². The minimum atomic E-state index is -0.765. The normalized spacial score (nSPS) is 25.9. The summed E-state index contributed by atoms with van der Waals surface area (Å²) in [6.07, 6.45) is 9.43. The van der Waals surface area contributed by atoms with Gasteiger partial charge in [-0.05, 0) is 49.9 Å². The monoisotopic (exact) mass is 294 g/mol. The molecule has 0 aromatic rings. The summed E-state index contributed by atoms with van der Waals surface area (Å²) in [5.74, 6) is 0.0562. The second-order valence-corrected chi connectivity index (χ2v) is 7.32. The molecule has 0 unspecified atom stereocenters. The van der Waals surface area contributed by atoms with Crippen molar-refractivity contribution in [2.24, 2.45) is 16.7 Å². The van der Waals surface area contributed by atoms with Crippen LogP contribution >= 0.6 is 0 Å². The number of urea groups is 1. The van der Waals surface area contributed by atoms with Gasteiger partial charge in [-0.1, -0.05) is 19.3 Å². The summed E-state index contributed by atoms with van der Waals surface area (Å²) in [5, 5.41) is 15.2. The van der Waals surface area contributed by atoms with Gasteiger partial charge in [-0.3, -0.25) is 4.79 Å². The van der Waals surface area contributed by atoms with E-state index in [0.29, 0.717) is 18.3 Å². The minimum Gasteiger partial charge on any atom is -0.481 e. The molecule has 0 radical (unpaired) electrons. The van der Waals surface area contributed by atoms with Gasteiger partial charge in [0.15, 0.2) is 0 Å². The van der Waals surface area contributed by atoms with E-state index in [0.717, 1.165) is 31.7 Å². The lowest BCUT2D eigenvalue weighted by Gasteiger charge is -2.33. The van der Waals surface area contributed by atoms with E-state index in [4.69, 9.17) is 0 Å². The molecule has 3 fully saturated rings. The van der Waals surface area contributed by atoms with Gasteiger partial charge < -0.3 is 15.7 Å². The van der Waals surface area contributed by atoms with Crippen LogP contribution in [0, 0.1) is 16.7 Å². The largest absolute Gasteiger partial charge is 0.481 e. The van der Waals surface area contributed by atoms with Crippen LogP contribution in [0.25, 0.3) is 0 Å². The zero-order valence-electron chi connectivity index (χ0n) is 12.6. The summed E-state index contributed by atoms with van der Waals surface area (Å²) < 4.78 is 0. The molecule has 3 rings (SSSR count). The Kier molecular flexibility index (Phi) is 3.84. The number of carboxylic acids is 1. The van der Waals surface area contributed by atoms with Gasteiger partial charge in [-0.15, -0.1) is 0 Å². The Morgan fingerprint density at radius 2 is 1.57 bits per heavy atom. The highest BCUT2D eigenvalue weighted by molar-refractivity contribution is 5.78. The highest BCUT2D eigenvalue weighted by Crippen LogP contribution is 2.60. The summed E-state index contributed by atoms with van der Waals surface area (Å²) in [6.45, 7) is 1.01. The molecular weight excluding hydrogens is 268 g/mol. The number of hydrogen-bond acceptors (Lipinski definition) is 2. The van der Waals surface area contributed by atoms with Gasteiger partial charge in [-0.25, -0.2) is 4.79 Å². The fourth-order valence-corrected chi connectivity index (χ4v) is 3.85. The number of aliphatic carboxylic acids is 1. The van der Waals surface area contributed by atoms with Crippen molar-refractivity contribution in [2.75, 3.05) is 13.1 Å². The van der Waals surface area contributed by atoms with Gasteiger partial charge in [0.1, 0.15) is 0 Å². The lowest BCUT2D eigenvalue weighted by Crippen LogP contribution is -2.48. The number of rotatable bonds is 6. The van der Waals surface area contributed by atoms with Gasteiger partial charge in [0.25, 0.3) is 0 Å². The van der Waals surface area contributed by atoms with Crippen molar-refractivity contribution in [2.45, 2.75) is 57.8 Å². The van der Waals surface area contributed by atoms with Crippen molar-refractivity contribution in [3.8, 4) is 0 Å². The van der Waals surface area contributed by atoms with Gasteiger partial charge in [-0.2, -0.15) is 0 Å². The molecule has 5 nitrogen and oxygen atoms in total. The highest BCUT2D eigenvalue weighted by Gasteiger charge is 2.53. The summed E-state index contributed by atoms with van der Waals surface area (Å²) in [4.78, 5) is 23.5. The maximum atomic E-state index is 12.0. The van der Waals surface area contributed by atoms with E-state index in [1.807, 2.05) is 0 Å². The van der Waals surface area contributed by atoms with E-state index in [9.17, 15) is 14.7 Å². The zero-order chi connectivity index (χ0) is 14.9. The average molecular weight is 294 g/mol. The van der Waals surface area contributed by atoms with Crippen molar-refractivity contribution in [1.29, 1.82) is 0 Å². The van der Waals surface area contributed by atoms with E-state index in [1.54, 1.807) is 0 Å². The van der Waals surface area contributed by atoms with Crippen LogP contribution in [0.2, 0.25) is 0 Å². The molecule has 118 valence electrons. The predicted octanol–water partition coefficient (Wildman–Crippen LogP) is 2.51. The topological polar surface area (TPSA) is 78.4 Å². The maximum Gasteiger partial charge on any atom is 0.314 e. The Labute approximate surface area is 125 Å². The number of carbonyl (C=O) groups excluding carboxylic acids is 1. The second kappa shape index (κ2) is 5.50. The summed E-state index contributed by atoms with van der Waals surface area (Å²) in [6, 6.07) is -0.201. The van der Waals surface area contributed by atoms with E-state index in [1.165, 1.54) is 25.7 Å². The van der Waals surface area contributed by atoms with E-state index in [2.05, 4.69) is 10.6 Å². The van der Waals surface area contributed by atoms with Crippen LogP contribution in [0.3, 0.4) is 0 Å². The van der Waals surface area contributed by atoms with Gasteiger partial charge >= 0.3 is 12.0 Å². The van der Waals surface area contributed by atoms with Gasteiger partial charge in [0.05, 0.1) is 5.41 Å². The van der Waals surface area contributed by atoms with E-state index < -0.39 is 11.4 Å². The average Bonchev–Trinajstić information content (AvgIpc) is 3.37. The van der Waals surface area contributed by atoms with Crippen molar-refractivity contribution in [1.82, 2.24) is 10.6 Å². The molecule has 0 bridgehead atoms. The molecule has 0 spiro atoms. The second-order valence-electron chi connectivity index (χ2n) is 7.32. The van der Waals surface area contributed by atoms with Gasteiger partial charge in [0, 0.05) is 13.1 Å². The van der Waals surface area contributed by atoms with Crippen LogP contribution in [0.5, 0.6) is 0 Å². The van der Waals surface area contributed by atoms with Crippen LogP contribution in [0.1, 0.15) is 57.8 Å². The van der Waals surface area contributed by atoms with Crippen molar-refractivity contribution < 1.29 is 14.7 Å². The molecule has 3 aliphatic carbocycles. The molecule has 0 heterocycles. The Morgan fingerprint density at radius 3 is 2.10 bits per heavy atom. The van der Waals surface area contributed by atoms with Crippen LogP contribution < -0.4 is 10.6 Å². The Balaban J connectivity index is 1.44. The molecule has 0 aliphatic heterocycles. The highest BCUT2D eigenvalue weighted by atomic mass is 16.4. The SMILES string of the molecule is O=C(NCC1(C(=O)O)CCCCC1)NCC1(C2CC2)CC1. The zero-order valence-corrected chi connectivity index (χ0v) is 12.6. The first kappa shape index (κ1) is 14.7. The summed E-state index contributed by atoms with van der Waals surface area (Å²) >= 11 is 0. The number of nitrogens with one attached hydrogen (secondary N) is 2. The molecule has 0 aromatic carbocycles. The molecule has 2 amide bonds. The molecule has 21 heavy (non-hydrogen) atoms. The number of carboxylic acid groups (broad SMARTS) is 1. The number of carbonyl (C=O) groups is 2. The Hall–Kier alpha value is -1.26. The first-order chi connectivity index (χ1) is 10.1. The number of amides is 2. The van der Waals surface area contributed by atoms with Crippen LogP contribution in [-0.4, -0.2) is 30.2 Å². The summed E-state index contributed by atoms with van der Waals surface area (Å²) in [7, 11) is 0. The molecule has 3 N–H and O–H groups in total. The van der Waals surface area contributed by atoms with Crippen LogP contribution in [-0.2, 0) is 4.79 Å². The third-order valence-electron chi connectivity index (χ3n) is 5.79. The smallest absolute Gasteiger partial charge is 0.314 e. The first-order valence-corrected chi connectivity index (χ1v) is 8.32. The molecule has 0 saturated heterocycles. The fraction of sp³-hybridized carbons (Fsp3) is 0.875. The third kappa shape index (κ3) is 3.16. The van der Waals surface area contributed by atoms with E-state index >= 15 is 0 Å². The minimum absolute atomic E-state index is 0.201. The molecule has 0 atom stereocenters. The number of hydrogen-bond donors (Lipinski definition) is 3. The molecule has 3 aliphatic rings. The Bertz CT molecular complexity index is 421. The quantitative estimate of drug-likeness (QED) is 0.704. The molecule has 5 heteroatoms. The van der Waals surface area contributed by atoms with E-state index in [-0.39, 0.29) is 12.6 Å². The first-order valence-electron chi connectivity index (χ1n) is 8.32. The molecular formula is C16H26N2O3. The predicted molar refractivity (Wildman–Crippen MR) is 78.9 cm³/mol. The van der Waals surface area contributed by atoms with Crippen molar-refractivity contribution in [3.05, 3.63) is 0 Å². The lowest BCUT2D eigenvalue weighted by atomic mass is 9.74. The van der Waals surface area contributed by atoms with Crippen LogP contribution in [0.15, 0.2) is 0 Å². The van der Waals surface area contributed by atoms with Crippen molar-refractivity contribution in [3.63, 3.8) is 0 Å². The molecule has 3 saturated carbocycles. The molecule has 0 aromatic heterocycles. The fourth-order valence-electron chi connectivity index (χ4n) is 3.85. The third-order valence-corrected chi connectivity index (χ3v) is 5.79.